The van der Waals surface area contributed by atoms with Crippen molar-refractivity contribution in [2.45, 2.75) is 134 Å². The van der Waals surface area contributed by atoms with Crippen molar-refractivity contribution in [3.63, 3.8) is 0 Å². The van der Waals surface area contributed by atoms with Crippen molar-refractivity contribution < 1.29 is 17.1 Å². The fraction of sp³-hybridized carbons (Fsp3) is 1.00. The molecule has 0 aliphatic rings. The van der Waals surface area contributed by atoms with Gasteiger partial charge in [-0.25, -0.2) is 0 Å². The summed E-state index contributed by atoms with van der Waals surface area (Å²) in [4.78, 5) is 0. The summed E-state index contributed by atoms with van der Waals surface area (Å²) in [7, 11) is 0. The predicted molar refractivity (Wildman–Crippen MR) is 137 cm³/mol. The van der Waals surface area contributed by atoms with Crippen molar-refractivity contribution in [1.82, 2.24) is 10.6 Å². The minimum atomic E-state index is -0.747. The zero-order valence-corrected chi connectivity index (χ0v) is 22.7. The molecule has 1 radical (unpaired) electrons. The third-order valence-corrected chi connectivity index (χ3v) is 5.85. The molecule has 0 aliphatic heterocycles. The van der Waals surface area contributed by atoms with Gasteiger partial charge in [0.1, 0.15) is 0 Å². The molecule has 183 valence electrons. The van der Waals surface area contributed by atoms with E-state index >= 15 is 0 Å². The van der Waals surface area contributed by atoms with Gasteiger partial charge in [0.2, 0.25) is 0 Å². The standard InChI is InChI=1S/C23H50N2S2.Cu.H2S/c1-3-5-7-9-10-11-12-13-14-15-16-17-18-20-22-25-23(26,27)24-21-19-8-6-4-2;;/h24-27H,3-22H2,1-2H3;;1H2/p-3. The average molecular weight is 513 g/mol. The Balaban J connectivity index is -0.00000338. The molecule has 0 fully saturated rings. The molecule has 0 aromatic heterocycles. The Morgan fingerprint density at radius 3 is 1.03 bits per heavy atom. The van der Waals surface area contributed by atoms with Gasteiger partial charge >= 0.3 is 0 Å². The van der Waals surface area contributed by atoms with Crippen LogP contribution in [0.15, 0.2) is 0 Å². The molecule has 0 spiro atoms. The van der Waals surface area contributed by atoms with Crippen molar-refractivity contribution in [2.24, 2.45) is 0 Å². The second kappa shape index (κ2) is 27.5. The molecule has 29 heavy (non-hydrogen) atoms. The molecule has 0 aromatic carbocycles. The molecule has 2 nitrogen and oxygen atoms in total. The summed E-state index contributed by atoms with van der Waals surface area (Å²) in [6, 6.07) is 0. The van der Waals surface area contributed by atoms with Crippen LogP contribution >= 0.6 is 0 Å². The molecule has 0 aromatic rings. The number of thiol groups is 1. The van der Waals surface area contributed by atoms with Crippen LogP contribution in [0.3, 0.4) is 0 Å². The molecule has 0 heterocycles. The van der Waals surface area contributed by atoms with E-state index in [1.807, 2.05) is 0 Å². The summed E-state index contributed by atoms with van der Waals surface area (Å²) in [6.45, 7) is 6.39. The Labute approximate surface area is 212 Å². The van der Waals surface area contributed by atoms with E-state index < -0.39 is 4.33 Å². The second-order valence-electron chi connectivity index (χ2n) is 8.13. The molecule has 0 amide bonds. The summed E-state index contributed by atoms with van der Waals surface area (Å²) in [5.74, 6) is 0. The predicted octanol–water partition coefficient (Wildman–Crippen LogP) is 6.66. The fourth-order valence-corrected chi connectivity index (χ4v) is 3.85. The Kier molecular flexibility index (Phi) is 33.3. The van der Waals surface area contributed by atoms with E-state index in [9.17, 15) is 0 Å². The van der Waals surface area contributed by atoms with Crippen LogP contribution in [0.1, 0.15) is 129 Å². The monoisotopic (exact) mass is 512 g/mol. The van der Waals surface area contributed by atoms with Crippen LogP contribution in [0.2, 0.25) is 0 Å². The van der Waals surface area contributed by atoms with Gasteiger partial charge in [0.15, 0.2) is 0 Å². The molecule has 0 rings (SSSR count). The third kappa shape index (κ3) is 29.5. The van der Waals surface area contributed by atoms with Crippen LogP contribution in [0, 0.1) is 0 Å². The number of hydrogen-bond acceptors (Lipinski definition) is 5. The smallest absolute Gasteiger partial charge is 0 e. The van der Waals surface area contributed by atoms with E-state index in [4.69, 9.17) is 25.3 Å². The largest absolute Gasteiger partial charge is 0.813 e. The maximum Gasteiger partial charge on any atom is 0 e. The SMILES string of the molecule is CCCCCCCCCCCCCCCCNC([S-])([S-])NCCCCCC.[Cu].[SH-]. The third-order valence-electron chi connectivity index (χ3n) is 5.28. The maximum atomic E-state index is 5.41. The van der Waals surface area contributed by atoms with Gasteiger partial charge in [0.25, 0.3) is 0 Å². The fourth-order valence-electron chi connectivity index (χ4n) is 3.44. The first-order chi connectivity index (χ1) is 13.1. The van der Waals surface area contributed by atoms with Gasteiger partial charge in [0.05, 0.1) is 0 Å². The van der Waals surface area contributed by atoms with E-state index in [1.165, 1.54) is 116 Å². The van der Waals surface area contributed by atoms with Crippen molar-refractivity contribution in [1.29, 1.82) is 0 Å². The number of rotatable bonds is 22. The van der Waals surface area contributed by atoms with Crippen molar-refractivity contribution in [3.8, 4) is 0 Å². The molecule has 6 heteroatoms. The molecule has 0 saturated heterocycles. The second-order valence-corrected chi connectivity index (χ2v) is 9.61. The van der Waals surface area contributed by atoms with E-state index in [-0.39, 0.29) is 30.6 Å². The molecule has 0 bridgehead atoms. The Morgan fingerprint density at radius 1 is 0.483 bits per heavy atom. The first-order valence-electron chi connectivity index (χ1n) is 12.0. The molecular formula is C23H49CuN2S3-3. The molecule has 2 N–H and O–H groups in total. The van der Waals surface area contributed by atoms with Crippen LogP contribution in [0.25, 0.3) is 0 Å². The Morgan fingerprint density at radius 2 is 0.724 bits per heavy atom. The van der Waals surface area contributed by atoms with Crippen LogP contribution in [0.5, 0.6) is 0 Å². The van der Waals surface area contributed by atoms with Crippen molar-refractivity contribution >= 4 is 38.8 Å². The maximum absolute atomic E-state index is 5.41. The van der Waals surface area contributed by atoms with Gasteiger partial charge < -0.3 is 49.4 Å². The van der Waals surface area contributed by atoms with Crippen LogP contribution in [0.4, 0.5) is 0 Å². The molecule has 0 unspecified atom stereocenters. The van der Waals surface area contributed by atoms with Gasteiger partial charge in [-0.15, -0.1) is 0 Å². The normalized spacial score (nSPS) is 11.2. The van der Waals surface area contributed by atoms with Crippen LogP contribution < -0.4 is 10.6 Å². The van der Waals surface area contributed by atoms with E-state index in [1.54, 1.807) is 0 Å². The van der Waals surface area contributed by atoms with Gasteiger partial charge in [0, 0.05) is 17.1 Å². The first kappa shape index (κ1) is 35.1. The van der Waals surface area contributed by atoms with E-state index in [0.717, 1.165) is 13.1 Å². The number of unbranched alkanes of at least 4 members (excludes halogenated alkanes) is 16. The summed E-state index contributed by atoms with van der Waals surface area (Å²) in [5, 5.41) is 6.60. The zero-order chi connectivity index (χ0) is 20.1. The molecular weight excluding hydrogens is 464 g/mol. The number of hydrogen-bond donors (Lipinski definition) is 2. The minimum absolute atomic E-state index is 0. The molecule has 0 aliphatic carbocycles. The van der Waals surface area contributed by atoms with E-state index in [0.29, 0.717) is 0 Å². The van der Waals surface area contributed by atoms with Crippen LogP contribution in [-0.2, 0) is 55.8 Å². The van der Waals surface area contributed by atoms with E-state index in [2.05, 4.69) is 24.5 Å². The van der Waals surface area contributed by atoms with Crippen molar-refractivity contribution in [2.75, 3.05) is 13.1 Å². The van der Waals surface area contributed by atoms with Gasteiger partial charge in [-0.1, -0.05) is 117 Å². The van der Waals surface area contributed by atoms with Crippen molar-refractivity contribution in [3.05, 3.63) is 0 Å². The molecule has 0 saturated carbocycles. The molecule has 0 atom stereocenters. The van der Waals surface area contributed by atoms with Crippen LogP contribution in [-0.4, -0.2) is 17.4 Å². The first-order valence-corrected chi connectivity index (χ1v) is 12.8. The average Bonchev–Trinajstić information content (AvgIpc) is 2.64. The minimum Gasteiger partial charge on any atom is -0.813 e. The van der Waals surface area contributed by atoms with Gasteiger partial charge in [-0.05, 0) is 25.9 Å². The summed E-state index contributed by atoms with van der Waals surface area (Å²) in [6.07, 6.45) is 24.5. The van der Waals surface area contributed by atoms with Gasteiger partial charge in [-0.2, -0.15) is 4.33 Å². The Hall–Kier alpha value is 1.49. The summed E-state index contributed by atoms with van der Waals surface area (Å²) >= 11 is 10.8. The zero-order valence-electron chi connectivity index (χ0n) is 19.2. The summed E-state index contributed by atoms with van der Waals surface area (Å²) in [5.41, 5.74) is 0. The van der Waals surface area contributed by atoms with Gasteiger partial charge in [-0.3, -0.25) is 0 Å². The Bertz CT molecular complexity index is 295. The number of nitrogens with one attached hydrogen (secondary N) is 2. The topological polar surface area (TPSA) is 24.1 Å². The quantitative estimate of drug-likeness (QED) is 0.0555. The summed E-state index contributed by atoms with van der Waals surface area (Å²) < 4.78 is -0.747.